The predicted molar refractivity (Wildman–Crippen MR) is 55.0 cm³/mol. The van der Waals surface area contributed by atoms with Crippen LogP contribution in [0.5, 0.6) is 0 Å². The Morgan fingerprint density at radius 2 is 2.64 bits per heavy atom. The molecule has 5 nitrogen and oxygen atoms in total. The van der Waals surface area contributed by atoms with Crippen LogP contribution >= 0.6 is 11.3 Å². The Labute approximate surface area is 85.6 Å². The van der Waals surface area contributed by atoms with Crippen LogP contribution in [0.4, 0.5) is 5.13 Å². The van der Waals surface area contributed by atoms with Crippen molar-refractivity contribution in [2.75, 3.05) is 12.3 Å². The molecule has 1 aromatic rings. The molecule has 0 aliphatic rings. The van der Waals surface area contributed by atoms with Gasteiger partial charge in [0.05, 0.1) is 0 Å². The minimum absolute atomic E-state index is 0.0476. The first-order valence-corrected chi connectivity index (χ1v) is 4.95. The minimum atomic E-state index is 0.0476. The van der Waals surface area contributed by atoms with Crippen molar-refractivity contribution in [3.63, 3.8) is 0 Å². The number of rotatable bonds is 5. The lowest BCUT2D eigenvalue weighted by Gasteiger charge is -1.95. The fourth-order valence-corrected chi connectivity index (χ4v) is 1.26. The molecule has 1 radical (unpaired) electrons. The SMILES string of the molecule is CCCO/N=C(\[C]=O)c1csc(N)n1. The van der Waals surface area contributed by atoms with Crippen molar-refractivity contribution in [2.24, 2.45) is 5.16 Å². The molecule has 0 fully saturated rings. The maximum atomic E-state index is 10.5. The fourth-order valence-electron chi connectivity index (χ4n) is 0.716. The van der Waals surface area contributed by atoms with Crippen LogP contribution in [0.15, 0.2) is 10.5 Å². The molecule has 6 heteroatoms. The van der Waals surface area contributed by atoms with Gasteiger partial charge >= 0.3 is 0 Å². The number of thiazole rings is 1. The molecule has 0 unspecified atom stereocenters. The van der Waals surface area contributed by atoms with Gasteiger partial charge in [0, 0.05) is 5.38 Å². The first-order chi connectivity index (χ1) is 6.77. The van der Waals surface area contributed by atoms with E-state index in [1.54, 1.807) is 11.7 Å². The van der Waals surface area contributed by atoms with Gasteiger partial charge in [0.25, 0.3) is 6.29 Å². The summed E-state index contributed by atoms with van der Waals surface area (Å²) in [5.41, 5.74) is 5.86. The van der Waals surface area contributed by atoms with Crippen LogP contribution in [-0.2, 0) is 9.63 Å². The van der Waals surface area contributed by atoms with Gasteiger partial charge in [0.15, 0.2) is 10.8 Å². The maximum Gasteiger partial charge on any atom is 0.259 e. The molecule has 0 atom stereocenters. The van der Waals surface area contributed by atoms with Gasteiger partial charge < -0.3 is 10.6 Å². The number of oxime groups is 1. The quantitative estimate of drug-likeness (QED) is 0.448. The molecular weight excluding hydrogens is 202 g/mol. The van der Waals surface area contributed by atoms with E-state index in [2.05, 4.69) is 10.1 Å². The molecule has 14 heavy (non-hydrogen) atoms. The smallest absolute Gasteiger partial charge is 0.259 e. The van der Waals surface area contributed by atoms with E-state index in [1.165, 1.54) is 11.3 Å². The summed E-state index contributed by atoms with van der Waals surface area (Å²) in [4.78, 5) is 19.2. The first-order valence-electron chi connectivity index (χ1n) is 4.07. The number of carbonyl (C=O) groups excluding carboxylic acids is 1. The standard InChI is InChI=1S/C8H10N3O2S/c1-2-3-13-11-6(4-12)7-5-14-8(9)10-7/h5H,2-3H2,1H3,(H2,9,10)/b11-6+. The molecule has 0 saturated carbocycles. The van der Waals surface area contributed by atoms with Gasteiger partial charge in [-0.2, -0.15) is 0 Å². The molecule has 0 aromatic carbocycles. The number of hydrogen-bond donors (Lipinski definition) is 1. The Morgan fingerprint density at radius 1 is 1.86 bits per heavy atom. The Kier molecular flexibility index (Phi) is 4.06. The van der Waals surface area contributed by atoms with Gasteiger partial charge in [0.1, 0.15) is 12.3 Å². The molecule has 1 aromatic heterocycles. The summed E-state index contributed by atoms with van der Waals surface area (Å²) >= 11 is 1.24. The van der Waals surface area contributed by atoms with Crippen molar-refractivity contribution in [2.45, 2.75) is 13.3 Å². The van der Waals surface area contributed by atoms with Gasteiger partial charge in [-0.25, -0.2) is 4.98 Å². The van der Waals surface area contributed by atoms with Crippen molar-refractivity contribution in [3.05, 3.63) is 11.1 Å². The summed E-state index contributed by atoms with van der Waals surface area (Å²) in [6.07, 6.45) is 2.48. The summed E-state index contributed by atoms with van der Waals surface area (Å²) < 4.78 is 0. The fraction of sp³-hybridized carbons (Fsp3) is 0.375. The van der Waals surface area contributed by atoms with Gasteiger partial charge in [-0.15, -0.1) is 11.3 Å². The highest BCUT2D eigenvalue weighted by atomic mass is 32.1. The Hall–Kier alpha value is -1.43. The molecule has 0 bridgehead atoms. The Bertz CT molecular complexity index is 335. The average Bonchev–Trinajstić information content (AvgIpc) is 2.60. The molecule has 75 valence electrons. The zero-order valence-electron chi connectivity index (χ0n) is 7.69. The van der Waals surface area contributed by atoms with Crippen LogP contribution in [0.25, 0.3) is 0 Å². The molecular formula is C8H10N3O2S. The minimum Gasteiger partial charge on any atom is -0.395 e. The van der Waals surface area contributed by atoms with E-state index in [-0.39, 0.29) is 5.71 Å². The van der Waals surface area contributed by atoms with Crippen LogP contribution in [0.1, 0.15) is 19.0 Å². The van der Waals surface area contributed by atoms with Gasteiger partial charge in [-0.3, -0.25) is 4.79 Å². The number of nitrogen functional groups attached to an aromatic ring is 1. The maximum absolute atomic E-state index is 10.5. The van der Waals surface area contributed by atoms with Crippen LogP contribution < -0.4 is 5.73 Å². The van der Waals surface area contributed by atoms with Crippen LogP contribution in [0.2, 0.25) is 0 Å². The van der Waals surface area contributed by atoms with Gasteiger partial charge in [0.2, 0.25) is 0 Å². The molecule has 0 amide bonds. The number of hydrogen-bond acceptors (Lipinski definition) is 6. The Balaban J connectivity index is 2.71. The monoisotopic (exact) mass is 212 g/mol. The van der Waals surface area contributed by atoms with Gasteiger partial charge in [-0.1, -0.05) is 12.1 Å². The van der Waals surface area contributed by atoms with Crippen molar-refractivity contribution < 1.29 is 9.63 Å². The van der Waals surface area contributed by atoms with Crippen molar-refractivity contribution in [3.8, 4) is 0 Å². The highest BCUT2D eigenvalue weighted by Gasteiger charge is 2.08. The number of aromatic nitrogens is 1. The van der Waals surface area contributed by atoms with E-state index in [4.69, 9.17) is 10.6 Å². The summed E-state index contributed by atoms with van der Waals surface area (Å²) in [6.45, 7) is 2.41. The molecule has 0 aliphatic heterocycles. The summed E-state index contributed by atoms with van der Waals surface area (Å²) in [5, 5.41) is 5.62. The Morgan fingerprint density at radius 3 is 3.14 bits per heavy atom. The molecule has 1 heterocycles. The lowest BCUT2D eigenvalue weighted by molar-refractivity contribution is 0.145. The van der Waals surface area contributed by atoms with Gasteiger partial charge in [-0.05, 0) is 6.42 Å². The third-order valence-corrected chi connectivity index (χ3v) is 1.99. The highest BCUT2D eigenvalue weighted by Crippen LogP contribution is 2.11. The van der Waals surface area contributed by atoms with E-state index in [0.717, 1.165) is 6.42 Å². The second-order valence-electron chi connectivity index (χ2n) is 2.45. The third-order valence-electron chi connectivity index (χ3n) is 1.31. The van der Waals surface area contributed by atoms with Crippen molar-refractivity contribution in [1.82, 2.24) is 4.98 Å². The van der Waals surface area contributed by atoms with E-state index in [1.807, 2.05) is 6.92 Å². The van der Waals surface area contributed by atoms with E-state index >= 15 is 0 Å². The summed E-state index contributed by atoms with van der Waals surface area (Å²) in [5.74, 6) is 0. The van der Waals surface area contributed by atoms with Crippen molar-refractivity contribution >= 4 is 28.5 Å². The lowest BCUT2D eigenvalue weighted by Crippen LogP contribution is -2.04. The van der Waals surface area contributed by atoms with Crippen molar-refractivity contribution in [1.29, 1.82) is 0 Å². The second-order valence-corrected chi connectivity index (χ2v) is 3.34. The zero-order valence-corrected chi connectivity index (χ0v) is 8.50. The molecule has 1 rings (SSSR count). The molecule has 0 saturated heterocycles. The normalized spacial score (nSPS) is 11.4. The zero-order chi connectivity index (χ0) is 10.4. The molecule has 2 N–H and O–H groups in total. The summed E-state index contributed by atoms with van der Waals surface area (Å²) in [7, 11) is 0. The summed E-state index contributed by atoms with van der Waals surface area (Å²) in [6, 6.07) is 0. The van der Waals surface area contributed by atoms with E-state index < -0.39 is 0 Å². The number of nitrogens with two attached hydrogens (primary N) is 1. The van der Waals surface area contributed by atoms with Crippen LogP contribution in [-0.4, -0.2) is 23.6 Å². The number of nitrogens with zero attached hydrogens (tertiary/aromatic N) is 2. The largest absolute Gasteiger partial charge is 0.395 e. The van der Waals surface area contributed by atoms with E-state index in [9.17, 15) is 4.79 Å². The van der Waals surface area contributed by atoms with E-state index in [0.29, 0.717) is 17.4 Å². The topological polar surface area (TPSA) is 77.6 Å². The van der Waals surface area contributed by atoms with Crippen LogP contribution in [0, 0.1) is 0 Å². The second kappa shape index (κ2) is 5.33. The average molecular weight is 212 g/mol. The molecule has 0 aliphatic carbocycles. The predicted octanol–water partition coefficient (Wildman–Crippen LogP) is 0.966. The third kappa shape index (κ3) is 2.81. The van der Waals surface area contributed by atoms with Crippen LogP contribution in [0.3, 0.4) is 0 Å². The lowest BCUT2D eigenvalue weighted by atomic mass is 10.3. The number of anilines is 1. The first kappa shape index (κ1) is 10.6. The molecule has 0 spiro atoms. The highest BCUT2D eigenvalue weighted by molar-refractivity contribution is 7.13.